The first-order valence-electron chi connectivity index (χ1n) is 10.1. The number of aryl methyl sites for hydroxylation is 1. The molecule has 0 aliphatic carbocycles. The topological polar surface area (TPSA) is 66.0 Å². The molecule has 5 rings (SSSR count). The summed E-state index contributed by atoms with van der Waals surface area (Å²) in [6, 6.07) is 10.3. The van der Waals surface area contributed by atoms with E-state index in [4.69, 9.17) is 9.15 Å². The monoisotopic (exact) mass is 456 g/mol. The second-order valence-corrected chi connectivity index (χ2v) is 9.24. The van der Waals surface area contributed by atoms with Crippen molar-refractivity contribution in [3.8, 4) is 22.2 Å². The van der Waals surface area contributed by atoms with Gasteiger partial charge in [0.1, 0.15) is 11.6 Å². The summed E-state index contributed by atoms with van der Waals surface area (Å²) in [5.41, 5.74) is 1.72. The molecule has 1 atom stereocenters. The number of halogens is 1. The maximum atomic E-state index is 13.4. The van der Waals surface area contributed by atoms with Gasteiger partial charge in [-0.05, 0) is 55.5 Å². The van der Waals surface area contributed by atoms with Crippen molar-refractivity contribution in [3.05, 3.63) is 59.0 Å². The lowest BCUT2D eigenvalue weighted by Gasteiger charge is -2.14. The summed E-state index contributed by atoms with van der Waals surface area (Å²) >= 11 is 3.17. The largest absolute Gasteiger partial charge is 0.440 e. The molecule has 0 saturated carbocycles. The number of benzene rings is 1. The number of thioether (sulfide) groups is 1. The molecule has 1 aliphatic heterocycles. The van der Waals surface area contributed by atoms with E-state index < -0.39 is 0 Å². The molecule has 0 N–H and O–H groups in total. The molecule has 160 valence electrons. The SMILES string of the molecule is Cc1oc(-c2cccs2)nc1CSc1nnc(-c2ccc(F)cc2)n1CC1CCCO1. The number of hydrogen-bond donors (Lipinski definition) is 0. The summed E-state index contributed by atoms with van der Waals surface area (Å²) in [5.74, 6) is 2.52. The highest BCUT2D eigenvalue weighted by molar-refractivity contribution is 7.98. The van der Waals surface area contributed by atoms with Crippen LogP contribution in [0.25, 0.3) is 22.2 Å². The maximum absolute atomic E-state index is 13.4. The van der Waals surface area contributed by atoms with E-state index in [-0.39, 0.29) is 11.9 Å². The first-order valence-corrected chi connectivity index (χ1v) is 12.0. The highest BCUT2D eigenvalue weighted by Crippen LogP contribution is 2.31. The average Bonchev–Trinajstić information content (AvgIpc) is 3.56. The molecular weight excluding hydrogens is 435 g/mol. The number of thiophene rings is 1. The van der Waals surface area contributed by atoms with Gasteiger partial charge in [0.15, 0.2) is 11.0 Å². The Balaban J connectivity index is 1.40. The molecule has 6 nitrogen and oxygen atoms in total. The van der Waals surface area contributed by atoms with Crippen molar-refractivity contribution in [2.24, 2.45) is 0 Å². The Morgan fingerprint density at radius 2 is 2.10 bits per heavy atom. The van der Waals surface area contributed by atoms with Crippen LogP contribution in [0.2, 0.25) is 0 Å². The average molecular weight is 457 g/mol. The number of ether oxygens (including phenoxy) is 1. The summed E-state index contributed by atoms with van der Waals surface area (Å²) < 4.78 is 27.2. The Bertz CT molecular complexity index is 1150. The Labute approximate surface area is 187 Å². The standard InChI is InChI=1S/C22H21FN4O2S2/c1-14-18(24-21(29-14)19-5-3-11-30-19)13-31-22-26-25-20(15-6-8-16(23)9-7-15)27(22)12-17-4-2-10-28-17/h3,5-9,11,17H,2,4,10,12-13H2,1H3. The van der Waals surface area contributed by atoms with Crippen molar-refractivity contribution in [2.45, 2.75) is 43.3 Å². The van der Waals surface area contributed by atoms with Crippen LogP contribution in [0.1, 0.15) is 24.3 Å². The predicted octanol–water partition coefficient (Wildman–Crippen LogP) is 5.58. The molecule has 4 aromatic rings. The second kappa shape index (κ2) is 8.94. The van der Waals surface area contributed by atoms with Crippen LogP contribution in [-0.2, 0) is 17.0 Å². The smallest absolute Gasteiger partial charge is 0.236 e. The van der Waals surface area contributed by atoms with Crippen LogP contribution >= 0.6 is 23.1 Å². The quantitative estimate of drug-likeness (QED) is 0.338. The lowest BCUT2D eigenvalue weighted by Crippen LogP contribution is -2.16. The molecule has 0 bridgehead atoms. The summed E-state index contributed by atoms with van der Waals surface area (Å²) in [5, 5.41) is 11.6. The lowest BCUT2D eigenvalue weighted by molar-refractivity contribution is 0.0953. The fourth-order valence-electron chi connectivity index (χ4n) is 3.57. The molecule has 1 unspecified atom stereocenters. The normalized spacial score (nSPS) is 16.3. The zero-order valence-corrected chi connectivity index (χ0v) is 18.6. The molecular formula is C22H21FN4O2S2. The third-order valence-corrected chi connectivity index (χ3v) is 7.03. The zero-order valence-electron chi connectivity index (χ0n) is 17.0. The van der Waals surface area contributed by atoms with Gasteiger partial charge >= 0.3 is 0 Å². The van der Waals surface area contributed by atoms with Crippen LogP contribution in [0.5, 0.6) is 0 Å². The van der Waals surface area contributed by atoms with E-state index in [9.17, 15) is 4.39 Å². The van der Waals surface area contributed by atoms with E-state index in [0.29, 0.717) is 24.0 Å². The van der Waals surface area contributed by atoms with Crippen LogP contribution in [0.3, 0.4) is 0 Å². The summed E-state index contributed by atoms with van der Waals surface area (Å²) in [4.78, 5) is 5.69. The Hall–Kier alpha value is -2.49. The van der Waals surface area contributed by atoms with Crippen molar-refractivity contribution in [1.82, 2.24) is 19.7 Å². The Kier molecular flexibility index (Phi) is 5.89. The molecule has 9 heteroatoms. The maximum Gasteiger partial charge on any atom is 0.236 e. The first-order chi connectivity index (χ1) is 15.2. The lowest BCUT2D eigenvalue weighted by atomic mass is 10.2. The highest BCUT2D eigenvalue weighted by Gasteiger charge is 2.22. The van der Waals surface area contributed by atoms with Gasteiger partial charge in [-0.25, -0.2) is 9.37 Å². The van der Waals surface area contributed by atoms with Gasteiger partial charge in [0.05, 0.1) is 23.2 Å². The number of oxazole rings is 1. The molecule has 0 radical (unpaired) electrons. The first kappa shape index (κ1) is 20.4. The molecule has 3 aromatic heterocycles. The molecule has 0 amide bonds. The van der Waals surface area contributed by atoms with E-state index in [1.807, 2.05) is 24.4 Å². The van der Waals surface area contributed by atoms with Gasteiger partial charge in [-0.2, -0.15) is 0 Å². The van der Waals surface area contributed by atoms with E-state index in [2.05, 4.69) is 19.7 Å². The van der Waals surface area contributed by atoms with Crippen LogP contribution < -0.4 is 0 Å². The molecule has 1 fully saturated rings. The number of nitrogens with zero attached hydrogens (tertiary/aromatic N) is 4. The van der Waals surface area contributed by atoms with Crippen LogP contribution in [0.15, 0.2) is 51.4 Å². The van der Waals surface area contributed by atoms with Crippen molar-refractivity contribution in [1.29, 1.82) is 0 Å². The van der Waals surface area contributed by atoms with Crippen molar-refractivity contribution in [3.63, 3.8) is 0 Å². The van der Waals surface area contributed by atoms with Crippen LogP contribution in [0, 0.1) is 12.7 Å². The highest BCUT2D eigenvalue weighted by atomic mass is 32.2. The summed E-state index contributed by atoms with van der Waals surface area (Å²) in [6.07, 6.45) is 2.21. The minimum absolute atomic E-state index is 0.133. The fraction of sp³-hybridized carbons (Fsp3) is 0.318. The third-order valence-electron chi connectivity index (χ3n) is 5.19. The Morgan fingerprint density at radius 1 is 1.23 bits per heavy atom. The number of hydrogen-bond acceptors (Lipinski definition) is 7. The van der Waals surface area contributed by atoms with Crippen molar-refractivity contribution < 1.29 is 13.5 Å². The summed E-state index contributed by atoms with van der Waals surface area (Å²) in [6.45, 7) is 3.38. The number of rotatable bonds is 7. The van der Waals surface area contributed by atoms with Gasteiger partial charge in [0, 0.05) is 17.9 Å². The van der Waals surface area contributed by atoms with Gasteiger partial charge in [-0.15, -0.1) is 21.5 Å². The molecule has 1 aromatic carbocycles. The zero-order chi connectivity index (χ0) is 21.2. The minimum Gasteiger partial charge on any atom is -0.440 e. The summed E-state index contributed by atoms with van der Waals surface area (Å²) in [7, 11) is 0. The fourth-order valence-corrected chi connectivity index (χ4v) is 5.16. The van der Waals surface area contributed by atoms with Gasteiger partial charge < -0.3 is 9.15 Å². The Morgan fingerprint density at radius 3 is 2.84 bits per heavy atom. The van der Waals surface area contributed by atoms with Crippen LogP contribution in [-0.4, -0.2) is 32.5 Å². The predicted molar refractivity (Wildman–Crippen MR) is 119 cm³/mol. The molecule has 4 heterocycles. The molecule has 1 aliphatic rings. The van der Waals surface area contributed by atoms with E-state index in [1.54, 1.807) is 35.2 Å². The van der Waals surface area contributed by atoms with Crippen LogP contribution in [0.4, 0.5) is 4.39 Å². The van der Waals surface area contributed by atoms with Crippen molar-refractivity contribution >= 4 is 23.1 Å². The van der Waals surface area contributed by atoms with Gasteiger partial charge in [0.2, 0.25) is 5.89 Å². The van der Waals surface area contributed by atoms with E-state index in [1.165, 1.54) is 12.1 Å². The third kappa shape index (κ3) is 4.44. The second-order valence-electron chi connectivity index (χ2n) is 7.35. The van der Waals surface area contributed by atoms with E-state index in [0.717, 1.165) is 46.5 Å². The number of aromatic nitrogens is 4. The molecule has 1 saturated heterocycles. The van der Waals surface area contributed by atoms with E-state index >= 15 is 0 Å². The van der Waals surface area contributed by atoms with Crippen molar-refractivity contribution in [2.75, 3.05) is 6.61 Å². The van der Waals surface area contributed by atoms with Gasteiger partial charge in [0.25, 0.3) is 0 Å². The van der Waals surface area contributed by atoms with Gasteiger partial charge in [-0.3, -0.25) is 4.57 Å². The molecule has 31 heavy (non-hydrogen) atoms. The minimum atomic E-state index is -0.272. The molecule has 0 spiro atoms. The van der Waals surface area contributed by atoms with Gasteiger partial charge in [-0.1, -0.05) is 17.8 Å².